The molecule has 7 heteroatoms. The second-order valence-corrected chi connectivity index (χ2v) is 7.75. The number of amides is 1. The van der Waals surface area contributed by atoms with Crippen molar-refractivity contribution >= 4 is 40.1 Å². The molecule has 1 aliphatic rings. The van der Waals surface area contributed by atoms with E-state index < -0.39 is 0 Å². The van der Waals surface area contributed by atoms with Gasteiger partial charge in [-0.05, 0) is 43.3 Å². The van der Waals surface area contributed by atoms with Crippen LogP contribution in [0.25, 0.3) is 10.6 Å². The number of hydrogen-bond donors (Lipinski definition) is 1. The maximum atomic E-state index is 12.8. The molecule has 1 amide bonds. The van der Waals surface area contributed by atoms with E-state index >= 15 is 0 Å². The smallest absolute Gasteiger partial charge is 0.267 e. The van der Waals surface area contributed by atoms with E-state index in [2.05, 4.69) is 20.2 Å². The largest absolute Gasteiger partial charge is 0.355 e. The SMILES string of the molecule is Cc1nc(-c2ccsc2)sc1C(=O)Nc1cccnc1N1CCCC1. The summed E-state index contributed by atoms with van der Waals surface area (Å²) in [5, 5.41) is 7.98. The normalized spacial score (nSPS) is 14.0. The van der Waals surface area contributed by atoms with Gasteiger partial charge in [-0.15, -0.1) is 11.3 Å². The van der Waals surface area contributed by atoms with E-state index in [9.17, 15) is 4.79 Å². The standard InChI is InChI=1S/C18H18N4OS2/c1-12-15(25-18(20-12)13-6-10-24-11-13)17(23)21-14-5-4-7-19-16(14)22-8-2-3-9-22/h4-7,10-11H,2-3,8-9H2,1H3,(H,21,23). The first-order chi connectivity index (χ1) is 12.2. The number of anilines is 2. The van der Waals surface area contributed by atoms with Gasteiger partial charge in [-0.3, -0.25) is 4.79 Å². The summed E-state index contributed by atoms with van der Waals surface area (Å²) >= 11 is 3.06. The van der Waals surface area contributed by atoms with Crippen molar-refractivity contribution < 1.29 is 4.79 Å². The van der Waals surface area contributed by atoms with Gasteiger partial charge in [-0.2, -0.15) is 11.3 Å². The molecule has 0 bridgehead atoms. The molecule has 128 valence electrons. The third-order valence-electron chi connectivity index (χ3n) is 4.21. The summed E-state index contributed by atoms with van der Waals surface area (Å²) in [5.74, 6) is 0.735. The summed E-state index contributed by atoms with van der Waals surface area (Å²) in [6, 6.07) is 5.79. The molecule has 0 radical (unpaired) electrons. The number of aromatic nitrogens is 2. The van der Waals surface area contributed by atoms with Crippen molar-refractivity contribution in [2.75, 3.05) is 23.3 Å². The molecule has 0 aromatic carbocycles. The summed E-state index contributed by atoms with van der Waals surface area (Å²) < 4.78 is 0. The quantitative estimate of drug-likeness (QED) is 0.738. The molecule has 3 aromatic rings. The highest BCUT2D eigenvalue weighted by Gasteiger charge is 2.21. The van der Waals surface area contributed by atoms with Gasteiger partial charge in [-0.1, -0.05) is 0 Å². The average molecular weight is 371 g/mol. The number of nitrogens with one attached hydrogen (secondary N) is 1. The molecule has 4 heterocycles. The van der Waals surface area contributed by atoms with Gasteiger partial charge in [0.15, 0.2) is 5.82 Å². The van der Waals surface area contributed by atoms with Gasteiger partial charge >= 0.3 is 0 Å². The number of hydrogen-bond acceptors (Lipinski definition) is 6. The van der Waals surface area contributed by atoms with Crippen molar-refractivity contribution in [3.05, 3.63) is 45.7 Å². The van der Waals surface area contributed by atoms with E-state index in [1.54, 1.807) is 17.5 Å². The fourth-order valence-electron chi connectivity index (χ4n) is 2.97. The Labute approximate surface area is 154 Å². The third kappa shape index (κ3) is 3.29. The van der Waals surface area contributed by atoms with Crippen LogP contribution in [0, 0.1) is 6.92 Å². The number of thiophene rings is 1. The molecule has 1 aliphatic heterocycles. The average Bonchev–Trinajstić information content (AvgIpc) is 3.37. The number of nitrogens with zero attached hydrogens (tertiary/aromatic N) is 3. The van der Waals surface area contributed by atoms with Crippen molar-refractivity contribution in [1.82, 2.24) is 9.97 Å². The van der Waals surface area contributed by atoms with Gasteiger partial charge in [0.25, 0.3) is 5.91 Å². The number of rotatable bonds is 4. The van der Waals surface area contributed by atoms with E-state index in [-0.39, 0.29) is 5.91 Å². The van der Waals surface area contributed by atoms with Crippen molar-refractivity contribution in [1.29, 1.82) is 0 Å². The lowest BCUT2D eigenvalue weighted by atomic mass is 10.3. The Morgan fingerprint density at radius 1 is 1.28 bits per heavy atom. The Kier molecular flexibility index (Phi) is 4.50. The highest BCUT2D eigenvalue weighted by atomic mass is 32.1. The number of aryl methyl sites for hydroxylation is 1. The van der Waals surface area contributed by atoms with Crippen molar-refractivity contribution in [3.8, 4) is 10.6 Å². The maximum absolute atomic E-state index is 12.8. The molecule has 1 N–H and O–H groups in total. The van der Waals surface area contributed by atoms with E-state index in [4.69, 9.17) is 0 Å². The molecule has 25 heavy (non-hydrogen) atoms. The number of carbonyl (C=O) groups is 1. The molecule has 0 aliphatic carbocycles. The first-order valence-corrected chi connectivity index (χ1v) is 9.99. The van der Waals surface area contributed by atoms with Crippen LogP contribution in [0.1, 0.15) is 28.2 Å². The lowest BCUT2D eigenvalue weighted by molar-refractivity contribution is 0.103. The zero-order chi connectivity index (χ0) is 17.2. The van der Waals surface area contributed by atoms with Gasteiger partial charge in [-0.25, -0.2) is 9.97 Å². The zero-order valence-corrected chi connectivity index (χ0v) is 15.5. The molecular weight excluding hydrogens is 352 g/mol. The van der Waals surface area contributed by atoms with Crippen molar-refractivity contribution in [2.24, 2.45) is 0 Å². The fraction of sp³-hybridized carbons (Fsp3) is 0.278. The molecule has 0 atom stereocenters. The van der Waals surface area contributed by atoms with E-state index in [0.717, 1.165) is 40.9 Å². The summed E-state index contributed by atoms with van der Waals surface area (Å²) in [6.45, 7) is 3.86. The Morgan fingerprint density at radius 2 is 2.12 bits per heavy atom. The molecule has 5 nitrogen and oxygen atoms in total. The summed E-state index contributed by atoms with van der Waals surface area (Å²) in [4.78, 5) is 24.7. The second-order valence-electron chi connectivity index (χ2n) is 5.97. The van der Waals surface area contributed by atoms with E-state index in [1.807, 2.05) is 35.9 Å². The second kappa shape index (κ2) is 6.93. The third-order valence-corrected chi connectivity index (χ3v) is 6.10. The van der Waals surface area contributed by atoms with Gasteiger partial charge in [0.1, 0.15) is 9.88 Å². The minimum atomic E-state index is -0.120. The minimum Gasteiger partial charge on any atom is -0.355 e. The molecule has 0 saturated carbocycles. The highest BCUT2D eigenvalue weighted by Crippen LogP contribution is 2.31. The molecule has 4 rings (SSSR count). The van der Waals surface area contributed by atoms with Crippen molar-refractivity contribution in [2.45, 2.75) is 19.8 Å². The highest BCUT2D eigenvalue weighted by molar-refractivity contribution is 7.17. The lowest BCUT2D eigenvalue weighted by Crippen LogP contribution is -2.22. The Bertz CT molecular complexity index is 882. The number of thiazole rings is 1. The molecule has 0 spiro atoms. The first-order valence-electron chi connectivity index (χ1n) is 8.23. The van der Waals surface area contributed by atoms with Crippen LogP contribution in [0.3, 0.4) is 0 Å². The van der Waals surface area contributed by atoms with Crippen LogP contribution in [-0.2, 0) is 0 Å². The van der Waals surface area contributed by atoms with Gasteiger partial charge in [0.05, 0.1) is 11.4 Å². The van der Waals surface area contributed by atoms with Crippen LogP contribution in [0.15, 0.2) is 35.2 Å². The Hall–Kier alpha value is -2.25. The van der Waals surface area contributed by atoms with Gasteiger partial charge in [0.2, 0.25) is 0 Å². The van der Waals surface area contributed by atoms with Crippen LogP contribution in [0.2, 0.25) is 0 Å². The summed E-state index contributed by atoms with van der Waals surface area (Å²) in [7, 11) is 0. The summed E-state index contributed by atoms with van der Waals surface area (Å²) in [5.41, 5.74) is 2.59. The predicted octanol–water partition coefficient (Wildman–Crippen LogP) is 4.43. The summed E-state index contributed by atoms with van der Waals surface area (Å²) in [6.07, 6.45) is 4.11. The Morgan fingerprint density at radius 3 is 2.88 bits per heavy atom. The van der Waals surface area contributed by atoms with Gasteiger partial charge in [0, 0.05) is 30.2 Å². The monoisotopic (exact) mass is 370 g/mol. The zero-order valence-electron chi connectivity index (χ0n) is 13.9. The number of pyridine rings is 1. The van der Waals surface area contributed by atoms with Crippen LogP contribution >= 0.6 is 22.7 Å². The first kappa shape index (κ1) is 16.2. The number of carbonyl (C=O) groups excluding carboxylic acids is 1. The lowest BCUT2D eigenvalue weighted by Gasteiger charge is -2.19. The minimum absolute atomic E-state index is 0.120. The van der Waals surface area contributed by atoms with E-state index in [0.29, 0.717) is 4.88 Å². The topological polar surface area (TPSA) is 58.1 Å². The van der Waals surface area contributed by atoms with Crippen molar-refractivity contribution in [3.63, 3.8) is 0 Å². The van der Waals surface area contributed by atoms with Crippen LogP contribution in [0.5, 0.6) is 0 Å². The molecule has 1 saturated heterocycles. The molecule has 0 unspecified atom stereocenters. The fourth-order valence-corrected chi connectivity index (χ4v) is 4.64. The maximum Gasteiger partial charge on any atom is 0.267 e. The Balaban J connectivity index is 1.59. The molecule has 1 fully saturated rings. The van der Waals surface area contributed by atoms with Crippen LogP contribution in [0.4, 0.5) is 11.5 Å². The van der Waals surface area contributed by atoms with Gasteiger partial charge < -0.3 is 10.2 Å². The van der Waals surface area contributed by atoms with Crippen LogP contribution < -0.4 is 10.2 Å². The molecule has 3 aromatic heterocycles. The molecular formula is C18H18N4OS2. The van der Waals surface area contributed by atoms with Crippen LogP contribution in [-0.4, -0.2) is 29.0 Å². The van der Waals surface area contributed by atoms with E-state index in [1.165, 1.54) is 24.2 Å². The predicted molar refractivity (Wildman–Crippen MR) is 104 cm³/mol.